The second-order valence-corrected chi connectivity index (χ2v) is 5.99. The van der Waals surface area contributed by atoms with Gasteiger partial charge in [0.05, 0.1) is 17.5 Å². The van der Waals surface area contributed by atoms with Gasteiger partial charge in [0.15, 0.2) is 0 Å². The zero-order valence-corrected chi connectivity index (χ0v) is 13.4. The molecule has 0 radical (unpaired) electrons. The molecule has 1 fully saturated rings. The van der Waals surface area contributed by atoms with Crippen molar-refractivity contribution in [3.63, 3.8) is 0 Å². The summed E-state index contributed by atoms with van der Waals surface area (Å²) in [6.45, 7) is 3.28. The molecule has 0 bridgehead atoms. The minimum atomic E-state index is -0.282. The van der Waals surface area contributed by atoms with Crippen LogP contribution in [0.2, 0.25) is 0 Å². The first kappa shape index (κ1) is 15.8. The Morgan fingerprint density at radius 2 is 2.26 bits per heavy atom. The van der Waals surface area contributed by atoms with Gasteiger partial charge in [-0.05, 0) is 31.4 Å². The molecule has 0 spiro atoms. The summed E-state index contributed by atoms with van der Waals surface area (Å²) in [5.74, 6) is -0.209. The Labute approximate surface area is 136 Å². The maximum atomic E-state index is 12.6. The fourth-order valence-electron chi connectivity index (χ4n) is 3.06. The van der Waals surface area contributed by atoms with Crippen LogP contribution >= 0.6 is 0 Å². The molecule has 1 aromatic rings. The van der Waals surface area contributed by atoms with E-state index in [1.54, 1.807) is 4.90 Å². The molecule has 2 atom stereocenters. The largest absolute Gasteiger partial charge is 0.376 e. The first-order chi connectivity index (χ1) is 11.2. The lowest BCUT2D eigenvalue weighted by Crippen LogP contribution is -2.51. The Balaban J connectivity index is 1.67. The number of anilines is 2. The fourth-order valence-corrected chi connectivity index (χ4v) is 3.06. The Morgan fingerprint density at radius 3 is 3.00 bits per heavy atom. The summed E-state index contributed by atoms with van der Waals surface area (Å²) in [6, 6.07) is 7.30. The molecule has 3 rings (SSSR count). The van der Waals surface area contributed by atoms with Gasteiger partial charge in [0, 0.05) is 13.2 Å². The van der Waals surface area contributed by atoms with Crippen LogP contribution in [-0.2, 0) is 14.3 Å². The highest BCUT2D eigenvalue weighted by molar-refractivity contribution is 6.07. The number of nitrogens with one attached hydrogen (secondary N) is 2. The van der Waals surface area contributed by atoms with Gasteiger partial charge in [-0.3, -0.25) is 14.5 Å². The normalized spacial score (nSPS) is 23.3. The third-order valence-electron chi connectivity index (χ3n) is 4.35. The van der Waals surface area contributed by atoms with E-state index in [9.17, 15) is 9.59 Å². The number of carbonyl (C=O) groups excluding carboxylic acids is 2. The Kier molecular flexibility index (Phi) is 4.81. The third-order valence-corrected chi connectivity index (χ3v) is 4.35. The molecule has 0 aliphatic carbocycles. The van der Waals surface area contributed by atoms with E-state index in [1.807, 2.05) is 31.2 Å². The van der Waals surface area contributed by atoms with Crippen LogP contribution < -0.4 is 15.5 Å². The highest BCUT2D eigenvalue weighted by Crippen LogP contribution is 2.31. The molecule has 2 heterocycles. The Bertz CT molecular complexity index is 584. The average Bonchev–Trinajstić information content (AvgIpc) is 3.09. The van der Waals surface area contributed by atoms with Crippen molar-refractivity contribution in [1.29, 1.82) is 0 Å². The number of carbonyl (C=O) groups is 2. The number of fused-ring (bicyclic) bond motifs is 1. The van der Waals surface area contributed by atoms with Crippen molar-refractivity contribution in [2.75, 3.05) is 29.9 Å². The number of hydrogen-bond acceptors (Lipinski definition) is 4. The van der Waals surface area contributed by atoms with Crippen LogP contribution in [0.1, 0.15) is 26.2 Å². The molecule has 2 aliphatic rings. The minimum absolute atomic E-state index is 0.0424. The third kappa shape index (κ3) is 3.47. The molecular formula is C17H23N3O3. The van der Waals surface area contributed by atoms with Gasteiger partial charge in [0.25, 0.3) is 0 Å². The number of rotatable bonds is 5. The van der Waals surface area contributed by atoms with Crippen LogP contribution in [0.3, 0.4) is 0 Å². The van der Waals surface area contributed by atoms with E-state index >= 15 is 0 Å². The van der Waals surface area contributed by atoms with E-state index in [-0.39, 0.29) is 30.5 Å². The predicted octanol–water partition coefficient (Wildman–Crippen LogP) is 1.52. The van der Waals surface area contributed by atoms with Crippen molar-refractivity contribution in [3.8, 4) is 0 Å². The van der Waals surface area contributed by atoms with E-state index in [4.69, 9.17) is 4.74 Å². The van der Waals surface area contributed by atoms with E-state index in [1.165, 1.54) is 0 Å². The number of nitrogens with zero attached hydrogens (tertiary/aromatic N) is 1. The van der Waals surface area contributed by atoms with Crippen LogP contribution in [0, 0.1) is 0 Å². The van der Waals surface area contributed by atoms with Crippen molar-refractivity contribution in [1.82, 2.24) is 5.32 Å². The maximum absolute atomic E-state index is 12.6. The van der Waals surface area contributed by atoms with Gasteiger partial charge in [-0.2, -0.15) is 0 Å². The van der Waals surface area contributed by atoms with Crippen LogP contribution in [0.15, 0.2) is 24.3 Å². The summed E-state index contributed by atoms with van der Waals surface area (Å²) in [5.41, 5.74) is 1.65. The summed E-state index contributed by atoms with van der Waals surface area (Å²) in [5, 5.41) is 6.11. The molecule has 6 heteroatoms. The molecule has 2 aliphatic heterocycles. The van der Waals surface area contributed by atoms with Crippen LogP contribution in [0.4, 0.5) is 11.4 Å². The van der Waals surface area contributed by atoms with E-state index in [2.05, 4.69) is 10.6 Å². The van der Waals surface area contributed by atoms with Gasteiger partial charge in [0.2, 0.25) is 11.8 Å². The van der Waals surface area contributed by atoms with Gasteiger partial charge in [-0.15, -0.1) is 0 Å². The number of ether oxygens (including phenoxy) is 1. The highest BCUT2D eigenvalue weighted by Gasteiger charge is 2.32. The average molecular weight is 317 g/mol. The van der Waals surface area contributed by atoms with Crippen molar-refractivity contribution in [2.45, 2.75) is 38.3 Å². The summed E-state index contributed by atoms with van der Waals surface area (Å²) in [4.78, 5) is 26.4. The quantitative estimate of drug-likeness (QED) is 0.864. The lowest BCUT2D eigenvalue weighted by molar-refractivity contribution is -0.124. The van der Waals surface area contributed by atoms with Crippen LogP contribution in [-0.4, -0.2) is 43.7 Å². The number of amides is 2. The zero-order chi connectivity index (χ0) is 16.2. The Hall–Kier alpha value is -2.08. The summed E-state index contributed by atoms with van der Waals surface area (Å²) in [7, 11) is 0. The number of hydrogen-bond donors (Lipinski definition) is 2. The lowest BCUT2D eigenvalue weighted by atomic mass is 10.1. The van der Waals surface area contributed by atoms with Gasteiger partial charge in [0.1, 0.15) is 12.6 Å². The molecule has 2 amide bonds. The van der Waals surface area contributed by atoms with Crippen LogP contribution in [0.25, 0.3) is 0 Å². The topological polar surface area (TPSA) is 70.7 Å². The monoisotopic (exact) mass is 317 g/mol. The second-order valence-electron chi connectivity index (χ2n) is 5.99. The van der Waals surface area contributed by atoms with Crippen molar-refractivity contribution < 1.29 is 14.3 Å². The van der Waals surface area contributed by atoms with Crippen LogP contribution in [0.5, 0.6) is 0 Å². The maximum Gasteiger partial charge on any atom is 0.250 e. The van der Waals surface area contributed by atoms with Crippen molar-refractivity contribution in [2.24, 2.45) is 0 Å². The van der Waals surface area contributed by atoms with E-state index in [0.717, 1.165) is 30.8 Å². The standard InChI is InChI=1S/C17H23N3O3/c1-2-13-17(22)20(15-8-4-3-7-14(15)19-13)11-16(21)18-10-12-6-5-9-23-12/h3-4,7-8,12-13,19H,2,5-6,9-11H2,1H3,(H,18,21). The van der Waals surface area contributed by atoms with Gasteiger partial charge >= 0.3 is 0 Å². The SMILES string of the molecule is CCC1Nc2ccccc2N(CC(=O)NCC2CCCO2)C1=O. The molecule has 6 nitrogen and oxygen atoms in total. The lowest BCUT2D eigenvalue weighted by Gasteiger charge is -2.34. The second kappa shape index (κ2) is 7.00. The molecule has 1 saturated heterocycles. The predicted molar refractivity (Wildman–Crippen MR) is 88.5 cm³/mol. The smallest absolute Gasteiger partial charge is 0.250 e. The highest BCUT2D eigenvalue weighted by atomic mass is 16.5. The first-order valence-electron chi connectivity index (χ1n) is 8.24. The Morgan fingerprint density at radius 1 is 1.43 bits per heavy atom. The van der Waals surface area contributed by atoms with Crippen molar-refractivity contribution in [3.05, 3.63) is 24.3 Å². The molecular weight excluding hydrogens is 294 g/mol. The molecule has 2 unspecified atom stereocenters. The first-order valence-corrected chi connectivity index (χ1v) is 8.24. The molecule has 124 valence electrons. The van der Waals surface area contributed by atoms with Gasteiger partial charge in [-0.1, -0.05) is 19.1 Å². The zero-order valence-electron chi connectivity index (χ0n) is 13.4. The van der Waals surface area contributed by atoms with Crippen molar-refractivity contribution >= 4 is 23.2 Å². The van der Waals surface area contributed by atoms with E-state index < -0.39 is 0 Å². The summed E-state index contributed by atoms with van der Waals surface area (Å²) < 4.78 is 5.50. The molecule has 1 aromatic carbocycles. The summed E-state index contributed by atoms with van der Waals surface area (Å²) >= 11 is 0. The number of para-hydroxylation sites is 2. The van der Waals surface area contributed by atoms with E-state index in [0.29, 0.717) is 13.0 Å². The molecule has 0 aromatic heterocycles. The summed E-state index contributed by atoms with van der Waals surface area (Å²) in [6.07, 6.45) is 2.81. The number of benzene rings is 1. The minimum Gasteiger partial charge on any atom is -0.376 e. The molecule has 0 saturated carbocycles. The van der Waals surface area contributed by atoms with Gasteiger partial charge in [-0.25, -0.2) is 0 Å². The fraction of sp³-hybridized carbons (Fsp3) is 0.529. The molecule has 2 N–H and O–H groups in total. The van der Waals surface area contributed by atoms with Gasteiger partial charge < -0.3 is 15.4 Å². The molecule has 23 heavy (non-hydrogen) atoms.